The highest BCUT2D eigenvalue weighted by molar-refractivity contribution is 7.19. The molecule has 3 heterocycles. The van der Waals surface area contributed by atoms with Gasteiger partial charge < -0.3 is 9.15 Å². The van der Waals surface area contributed by atoms with E-state index in [0.717, 1.165) is 10.6 Å². The van der Waals surface area contributed by atoms with Gasteiger partial charge in [0.25, 0.3) is 0 Å². The first-order valence-electron chi connectivity index (χ1n) is 6.36. The van der Waals surface area contributed by atoms with Crippen molar-refractivity contribution in [2.45, 2.75) is 0 Å². The van der Waals surface area contributed by atoms with Crippen LogP contribution in [0.3, 0.4) is 0 Å². The van der Waals surface area contributed by atoms with Gasteiger partial charge in [0.1, 0.15) is 5.75 Å². The van der Waals surface area contributed by atoms with E-state index in [4.69, 9.17) is 20.8 Å². The van der Waals surface area contributed by atoms with Crippen molar-refractivity contribution in [3.8, 4) is 27.9 Å². The minimum Gasteiger partial charge on any atom is -0.496 e. The molecule has 22 heavy (non-hydrogen) atoms. The second kappa shape index (κ2) is 5.11. The summed E-state index contributed by atoms with van der Waals surface area (Å²) in [7, 11) is 1.61. The van der Waals surface area contributed by atoms with E-state index in [1.807, 2.05) is 18.2 Å². The molecular formula is C14H9ClN4O2S. The van der Waals surface area contributed by atoms with Gasteiger partial charge in [0, 0.05) is 5.02 Å². The molecule has 0 amide bonds. The molecule has 0 aliphatic rings. The van der Waals surface area contributed by atoms with E-state index in [2.05, 4.69) is 15.3 Å². The molecule has 0 atom stereocenters. The van der Waals surface area contributed by atoms with E-state index in [1.54, 1.807) is 30.0 Å². The molecule has 0 aliphatic heterocycles. The van der Waals surface area contributed by atoms with Crippen LogP contribution in [-0.4, -0.2) is 26.9 Å². The summed E-state index contributed by atoms with van der Waals surface area (Å²) >= 11 is 7.49. The second-order valence-electron chi connectivity index (χ2n) is 4.45. The number of ether oxygens (including phenoxy) is 1. The van der Waals surface area contributed by atoms with Gasteiger partial charge in [-0.1, -0.05) is 22.9 Å². The molecule has 0 saturated heterocycles. The Morgan fingerprint density at radius 2 is 2.18 bits per heavy atom. The van der Waals surface area contributed by atoms with Gasteiger partial charge in [-0.3, -0.25) is 0 Å². The van der Waals surface area contributed by atoms with Crippen LogP contribution in [0.25, 0.3) is 27.1 Å². The molecule has 0 spiro atoms. The standard InChI is InChI=1S/C14H9ClN4O2S/c1-20-10-5-4-8(15)7-9(10)13-18-19-12(11-3-2-6-21-11)16-17-14(19)22-13/h2-7H,1H3. The monoisotopic (exact) mass is 332 g/mol. The highest BCUT2D eigenvalue weighted by Gasteiger charge is 2.18. The van der Waals surface area contributed by atoms with Crippen LogP contribution in [0.15, 0.2) is 41.0 Å². The molecule has 0 radical (unpaired) electrons. The Bertz CT molecular complexity index is 945. The SMILES string of the molecule is COc1ccc(Cl)cc1-c1nn2c(-c3ccco3)nnc2s1. The molecule has 0 bridgehead atoms. The Balaban J connectivity index is 1.89. The summed E-state index contributed by atoms with van der Waals surface area (Å²) in [6, 6.07) is 9.02. The molecule has 0 fully saturated rings. The third kappa shape index (κ3) is 2.06. The smallest absolute Gasteiger partial charge is 0.235 e. The summed E-state index contributed by atoms with van der Waals surface area (Å²) in [5, 5.41) is 14.2. The zero-order valence-corrected chi connectivity index (χ0v) is 12.9. The highest BCUT2D eigenvalue weighted by Crippen LogP contribution is 2.35. The maximum absolute atomic E-state index is 6.08. The van der Waals surface area contributed by atoms with E-state index in [0.29, 0.717) is 27.3 Å². The number of methoxy groups -OCH3 is 1. The molecule has 4 rings (SSSR count). The summed E-state index contributed by atoms with van der Waals surface area (Å²) in [4.78, 5) is 0.670. The molecule has 3 aromatic heterocycles. The topological polar surface area (TPSA) is 65.5 Å². The summed E-state index contributed by atoms with van der Waals surface area (Å²) in [5.41, 5.74) is 0.816. The van der Waals surface area contributed by atoms with Crippen LogP contribution < -0.4 is 4.74 Å². The number of furan rings is 1. The Kier molecular flexibility index (Phi) is 3.09. The van der Waals surface area contributed by atoms with Gasteiger partial charge in [-0.2, -0.15) is 9.61 Å². The minimum atomic E-state index is 0.559. The van der Waals surface area contributed by atoms with Crippen molar-refractivity contribution in [2.75, 3.05) is 7.11 Å². The highest BCUT2D eigenvalue weighted by atomic mass is 35.5. The van der Waals surface area contributed by atoms with Crippen LogP contribution in [0.1, 0.15) is 0 Å². The van der Waals surface area contributed by atoms with Crippen LogP contribution in [0.2, 0.25) is 5.02 Å². The normalized spacial score (nSPS) is 11.2. The largest absolute Gasteiger partial charge is 0.496 e. The number of hydrogen-bond acceptors (Lipinski definition) is 6. The number of hydrogen-bond donors (Lipinski definition) is 0. The third-order valence-electron chi connectivity index (χ3n) is 3.12. The zero-order valence-electron chi connectivity index (χ0n) is 11.4. The lowest BCUT2D eigenvalue weighted by molar-refractivity contribution is 0.416. The van der Waals surface area contributed by atoms with E-state index < -0.39 is 0 Å². The van der Waals surface area contributed by atoms with Gasteiger partial charge in [-0.15, -0.1) is 10.2 Å². The summed E-state index contributed by atoms with van der Waals surface area (Å²) in [6.45, 7) is 0. The predicted molar refractivity (Wildman–Crippen MR) is 83.4 cm³/mol. The lowest BCUT2D eigenvalue weighted by Crippen LogP contribution is -1.91. The van der Waals surface area contributed by atoms with Crippen LogP contribution in [0, 0.1) is 0 Å². The van der Waals surface area contributed by atoms with E-state index in [-0.39, 0.29) is 0 Å². The van der Waals surface area contributed by atoms with E-state index >= 15 is 0 Å². The fourth-order valence-electron chi connectivity index (χ4n) is 2.13. The van der Waals surface area contributed by atoms with Gasteiger partial charge in [0.05, 0.1) is 18.9 Å². The van der Waals surface area contributed by atoms with E-state index in [1.165, 1.54) is 11.3 Å². The van der Waals surface area contributed by atoms with Crippen LogP contribution >= 0.6 is 22.9 Å². The van der Waals surface area contributed by atoms with Crippen molar-refractivity contribution in [2.24, 2.45) is 0 Å². The molecule has 8 heteroatoms. The Labute approximate surface area is 133 Å². The number of rotatable bonds is 3. The van der Waals surface area contributed by atoms with E-state index in [9.17, 15) is 0 Å². The van der Waals surface area contributed by atoms with Gasteiger partial charge in [-0.05, 0) is 30.3 Å². The zero-order chi connectivity index (χ0) is 15.1. The summed E-state index contributed by atoms with van der Waals surface area (Å²) in [5.74, 6) is 1.87. The predicted octanol–water partition coefficient (Wildman–Crippen LogP) is 3.77. The molecule has 0 aliphatic carbocycles. The van der Waals surface area contributed by atoms with Crippen molar-refractivity contribution in [3.05, 3.63) is 41.6 Å². The molecule has 1 aromatic carbocycles. The number of aromatic nitrogens is 4. The second-order valence-corrected chi connectivity index (χ2v) is 5.84. The molecule has 4 aromatic rings. The first-order valence-corrected chi connectivity index (χ1v) is 7.56. The molecule has 110 valence electrons. The third-order valence-corrected chi connectivity index (χ3v) is 4.29. The summed E-state index contributed by atoms with van der Waals surface area (Å²) < 4.78 is 12.4. The van der Waals surface area contributed by atoms with Gasteiger partial charge in [0.15, 0.2) is 10.8 Å². The maximum Gasteiger partial charge on any atom is 0.235 e. The Hall–Kier alpha value is -2.38. The molecule has 0 unspecified atom stereocenters. The van der Waals surface area contributed by atoms with Crippen LogP contribution in [-0.2, 0) is 0 Å². The Morgan fingerprint density at radius 1 is 1.27 bits per heavy atom. The lowest BCUT2D eigenvalue weighted by atomic mass is 10.2. The molecule has 0 N–H and O–H groups in total. The molecular weight excluding hydrogens is 324 g/mol. The quantitative estimate of drug-likeness (QED) is 0.571. The van der Waals surface area contributed by atoms with Crippen LogP contribution in [0.4, 0.5) is 0 Å². The lowest BCUT2D eigenvalue weighted by Gasteiger charge is -2.05. The first kappa shape index (κ1) is 13.3. The van der Waals surface area contributed by atoms with Crippen molar-refractivity contribution in [1.29, 1.82) is 0 Å². The maximum atomic E-state index is 6.08. The average Bonchev–Trinajstić information content (AvgIpc) is 3.23. The number of benzene rings is 1. The summed E-state index contributed by atoms with van der Waals surface area (Å²) in [6.07, 6.45) is 1.59. The van der Waals surface area contributed by atoms with Crippen molar-refractivity contribution in [3.63, 3.8) is 0 Å². The van der Waals surface area contributed by atoms with Gasteiger partial charge in [-0.25, -0.2) is 0 Å². The molecule has 6 nitrogen and oxygen atoms in total. The average molecular weight is 333 g/mol. The fraction of sp³-hybridized carbons (Fsp3) is 0.0714. The van der Waals surface area contributed by atoms with Gasteiger partial charge >= 0.3 is 0 Å². The Morgan fingerprint density at radius 3 is 2.95 bits per heavy atom. The fourth-order valence-corrected chi connectivity index (χ4v) is 3.16. The number of halogens is 1. The number of fused-ring (bicyclic) bond motifs is 1. The minimum absolute atomic E-state index is 0.559. The van der Waals surface area contributed by atoms with Crippen LogP contribution in [0.5, 0.6) is 5.75 Å². The van der Waals surface area contributed by atoms with Crippen molar-refractivity contribution >= 4 is 27.9 Å². The van der Waals surface area contributed by atoms with Gasteiger partial charge in [0.2, 0.25) is 10.8 Å². The number of nitrogens with zero attached hydrogens (tertiary/aromatic N) is 4. The first-order chi connectivity index (χ1) is 10.8. The molecule has 0 saturated carbocycles. The van der Waals surface area contributed by atoms with Crippen molar-refractivity contribution in [1.82, 2.24) is 19.8 Å². The van der Waals surface area contributed by atoms with Crippen molar-refractivity contribution < 1.29 is 9.15 Å².